The van der Waals surface area contributed by atoms with Gasteiger partial charge in [-0.15, -0.1) is 0 Å². The first kappa shape index (κ1) is 18.9. The number of nitrogens with one attached hydrogen (secondary N) is 2. The monoisotopic (exact) mass is 385 g/mol. The van der Waals surface area contributed by atoms with Crippen LogP contribution < -0.4 is 14.3 Å². The second-order valence-corrected chi connectivity index (χ2v) is 8.93. The van der Waals surface area contributed by atoms with Crippen LogP contribution >= 0.6 is 0 Å². The van der Waals surface area contributed by atoms with Crippen molar-refractivity contribution in [3.8, 4) is 5.75 Å². The summed E-state index contributed by atoms with van der Waals surface area (Å²) in [5.74, 6) is -1.40. The average molecular weight is 385 g/mol. The van der Waals surface area contributed by atoms with E-state index in [1.54, 1.807) is 4.72 Å². The van der Waals surface area contributed by atoms with Crippen molar-refractivity contribution < 1.29 is 22.7 Å². The van der Waals surface area contributed by atoms with E-state index in [-0.39, 0.29) is 6.04 Å². The minimum absolute atomic E-state index is 0.100. The van der Waals surface area contributed by atoms with Crippen LogP contribution in [0.15, 0.2) is 6.07 Å². The molecule has 2 aliphatic heterocycles. The Bertz CT molecular complexity index is 826. The van der Waals surface area contributed by atoms with E-state index in [1.165, 1.54) is 6.07 Å². The summed E-state index contributed by atoms with van der Waals surface area (Å²) in [5.41, 5.74) is 0.560. The maximum atomic E-state index is 15.1. The first-order valence-electron chi connectivity index (χ1n) is 8.79. The fraction of sp³-hybridized carbons (Fsp3) is 0.588. The van der Waals surface area contributed by atoms with Crippen molar-refractivity contribution in [3.63, 3.8) is 0 Å². The zero-order valence-corrected chi connectivity index (χ0v) is 15.7. The average Bonchev–Trinajstić information content (AvgIpc) is 2.80. The van der Waals surface area contributed by atoms with Crippen LogP contribution in [0.2, 0.25) is 0 Å². The van der Waals surface area contributed by atoms with Crippen LogP contribution in [0, 0.1) is 11.7 Å². The molecule has 1 fully saturated rings. The zero-order chi connectivity index (χ0) is 19.1. The van der Waals surface area contributed by atoms with Crippen LogP contribution in [-0.4, -0.2) is 32.0 Å². The molecule has 3 rings (SSSR count). The van der Waals surface area contributed by atoms with E-state index in [2.05, 4.69) is 19.2 Å². The lowest BCUT2D eigenvalue weighted by molar-refractivity contribution is -0.117. The third-order valence-corrected chi connectivity index (χ3v) is 6.23. The smallest absolute Gasteiger partial charge is 0.326 e. The summed E-state index contributed by atoms with van der Waals surface area (Å²) in [6, 6.07) is 1.48. The lowest BCUT2D eigenvalue weighted by Crippen LogP contribution is -2.37. The largest absolute Gasteiger partial charge is 0.506 e. The minimum atomic E-state index is -4.18. The van der Waals surface area contributed by atoms with E-state index >= 15 is 4.39 Å². The number of phenols is 1. The van der Waals surface area contributed by atoms with Gasteiger partial charge in [0.15, 0.2) is 5.82 Å². The predicted octanol–water partition coefficient (Wildman–Crippen LogP) is 1.55. The molecule has 144 valence electrons. The number of carbonyl (C=O) groups is 1. The van der Waals surface area contributed by atoms with E-state index in [9.17, 15) is 18.3 Å². The van der Waals surface area contributed by atoms with E-state index < -0.39 is 39.9 Å². The van der Waals surface area contributed by atoms with Gasteiger partial charge < -0.3 is 10.4 Å². The Morgan fingerprint density at radius 1 is 1.42 bits per heavy atom. The second kappa shape index (κ2) is 7.03. The number of nitrogens with zero attached hydrogens (tertiary/aromatic N) is 1. The van der Waals surface area contributed by atoms with Gasteiger partial charge in [0.2, 0.25) is 0 Å². The van der Waals surface area contributed by atoms with Gasteiger partial charge in [-0.25, -0.2) is 13.4 Å². The number of aromatic hydroxyl groups is 1. The normalized spacial score (nSPS) is 21.8. The summed E-state index contributed by atoms with van der Waals surface area (Å²) in [4.78, 5) is 11.4. The van der Waals surface area contributed by atoms with Gasteiger partial charge in [0.05, 0.1) is 0 Å². The van der Waals surface area contributed by atoms with E-state index in [0.717, 1.165) is 19.3 Å². The molecular weight excluding hydrogens is 361 g/mol. The van der Waals surface area contributed by atoms with Gasteiger partial charge >= 0.3 is 10.2 Å². The van der Waals surface area contributed by atoms with Gasteiger partial charge in [-0.2, -0.15) is 8.42 Å². The number of rotatable bonds is 5. The molecule has 0 unspecified atom stereocenters. The number of fused-ring (bicyclic) bond motifs is 1. The van der Waals surface area contributed by atoms with Crippen molar-refractivity contribution in [1.29, 1.82) is 0 Å². The minimum Gasteiger partial charge on any atom is -0.506 e. The summed E-state index contributed by atoms with van der Waals surface area (Å²) in [5, 5.41) is 13.5. The quantitative estimate of drug-likeness (QED) is 0.714. The van der Waals surface area contributed by atoms with Gasteiger partial charge in [0, 0.05) is 12.6 Å². The highest BCUT2D eigenvalue weighted by molar-refractivity contribution is 7.92. The van der Waals surface area contributed by atoms with Crippen LogP contribution in [-0.2, 0) is 28.0 Å². The first-order valence-corrected chi connectivity index (χ1v) is 10.2. The second-order valence-electron chi connectivity index (χ2n) is 7.34. The lowest BCUT2D eigenvalue weighted by atomic mass is 9.91. The molecule has 2 heterocycles. The molecule has 1 amide bonds. The zero-order valence-electron chi connectivity index (χ0n) is 14.9. The van der Waals surface area contributed by atoms with Crippen molar-refractivity contribution in [3.05, 3.63) is 23.0 Å². The molecule has 1 saturated heterocycles. The first-order chi connectivity index (χ1) is 12.2. The van der Waals surface area contributed by atoms with Crippen LogP contribution in [0.3, 0.4) is 0 Å². The number of anilines is 1. The van der Waals surface area contributed by atoms with Gasteiger partial charge in [-0.05, 0) is 36.0 Å². The molecule has 1 aromatic rings. The Labute approximate surface area is 152 Å². The molecule has 26 heavy (non-hydrogen) atoms. The molecule has 0 saturated carbocycles. The van der Waals surface area contributed by atoms with Crippen LogP contribution in [0.25, 0.3) is 0 Å². The molecule has 2 aliphatic rings. The van der Waals surface area contributed by atoms with Crippen molar-refractivity contribution >= 4 is 21.8 Å². The number of benzene rings is 1. The molecule has 1 aromatic carbocycles. The molecule has 0 spiro atoms. The number of halogens is 1. The lowest BCUT2D eigenvalue weighted by Gasteiger charge is -2.29. The topological polar surface area (TPSA) is 98.7 Å². The molecule has 0 aromatic heterocycles. The maximum absolute atomic E-state index is 15.1. The van der Waals surface area contributed by atoms with Crippen LogP contribution in [0.5, 0.6) is 5.75 Å². The van der Waals surface area contributed by atoms with E-state index in [4.69, 9.17) is 0 Å². The number of amides is 1. The van der Waals surface area contributed by atoms with Crippen molar-refractivity contribution in [2.24, 2.45) is 5.92 Å². The summed E-state index contributed by atoms with van der Waals surface area (Å²) in [6.45, 7) is 4.19. The van der Waals surface area contributed by atoms with E-state index in [0.29, 0.717) is 34.3 Å². The van der Waals surface area contributed by atoms with Crippen molar-refractivity contribution in [2.45, 2.75) is 52.1 Å². The fourth-order valence-electron chi connectivity index (χ4n) is 3.53. The Kier molecular flexibility index (Phi) is 5.12. The van der Waals surface area contributed by atoms with Gasteiger partial charge in [-0.3, -0.25) is 4.79 Å². The summed E-state index contributed by atoms with van der Waals surface area (Å²) in [6.07, 6.45) is 3.43. The van der Waals surface area contributed by atoms with Crippen LogP contribution in [0.1, 0.15) is 44.2 Å². The molecule has 0 radical (unpaired) electrons. The predicted molar refractivity (Wildman–Crippen MR) is 95.5 cm³/mol. The van der Waals surface area contributed by atoms with Gasteiger partial charge in [-0.1, -0.05) is 26.7 Å². The third-order valence-electron chi connectivity index (χ3n) is 4.85. The van der Waals surface area contributed by atoms with E-state index in [1.807, 2.05) is 0 Å². The SMILES string of the molecule is CC(C)CCC[C@H]1Cc2c(cc(O)c(N3CC(=O)NS3(=O)=O)c2F)CN1. The molecule has 0 bridgehead atoms. The molecule has 0 aliphatic carbocycles. The summed E-state index contributed by atoms with van der Waals surface area (Å²) >= 11 is 0. The molecule has 9 heteroatoms. The molecule has 7 nitrogen and oxygen atoms in total. The number of hydrogen-bond acceptors (Lipinski definition) is 5. The maximum Gasteiger partial charge on any atom is 0.326 e. The van der Waals surface area contributed by atoms with Gasteiger partial charge in [0.25, 0.3) is 5.91 Å². The highest BCUT2D eigenvalue weighted by Crippen LogP contribution is 2.38. The number of phenolic OH excluding ortho intramolecular Hbond substituents is 1. The Morgan fingerprint density at radius 3 is 2.77 bits per heavy atom. The Hall–Kier alpha value is -1.87. The van der Waals surface area contributed by atoms with Crippen LogP contribution in [0.4, 0.5) is 10.1 Å². The fourth-order valence-corrected chi connectivity index (χ4v) is 4.69. The molecule has 3 N–H and O–H groups in total. The summed E-state index contributed by atoms with van der Waals surface area (Å²) < 4.78 is 41.6. The van der Waals surface area contributed by atoms with Gasteiger partial charge in [0.1, 0.15) is 18.0 Å². The highest BCUT2D eigenvalue weighted by atomic mass is 32.2. The Balaban J connectivity index is 1.88. The number of hydrogen-bond donors (Lipinski definition) is 3. The molecular formula is C17H24FN3O4S. The highest BCUT2D eigenvalue weighted by Gasteiger charge is 2.39. The number of carbonyl (C=O) groups excluding carboxylic acids is 1. The molecule has 1 atom stereocenters. The summed E-state index contributed by atoms with van der Waals surface area (Å²) in [7, 11) is -4.18. The standard InChI is InChI=1S/C17H24FN3O4S/c1-10(2)4-3-5-12-7-13-11(8-19-12)6-14(22)17(16(13)18)21-9-15(23)20-26(21,24)25/h6,10,12,19,22H,3-5,7-9H2,1-2H3,(H,20,23)/t12-/m0/s1. The third kappa shape index (κ3) is 3.64. The Morgan fingerprint density at radius 2 is 2.15 bits per heavy atom. The van der Waals surface area contributed by atoms with Crippen molar-refractivity contribution in [2.75, 3.05) is 10.8 Å². The van der Waals surface area contributed by atoms with Crippen molar-refractivity contribution in [1.82, 2.24) is 10.0 Å².